The molecule has 0 spiro atoms. The lowest BCUT2D eigenvalue weighted by molar-refractivity contribution is -0.122. The normalized spacial score (nSPS) is 16.4. The van der Waals surface area contributed by atoms with Crippen LogP contribution in [0.5, 0.6) is 11.5 Å². The molecule has 2 aromatic carbocycles. The average molecular weight is 368 g/mol. The minimum absolute atomic E-state index is 0.0976. The Morgan fingerprint density at radius 2 is 1.93 bits per heavy atom. The summed E-state index contributed by atoms with van der Waals surface area (Å²) in [7, 11) is 3.12. The maximum absolute atomic E-state index is 12.7. The molecule has 0 aliphatic carbocycles. The van der Waals surface area contributed by atoms with Crippen molar-refractivity contribution in [2.45, 2.75) is 20.3 Å². The maximum Gasteiger partial charge on any atom is 0.229 e. The molecule has 3 rings (SSSR count). The number of ether oxygens (including phenoxy) is 2. The summed E-state index contributed by atoms with van der Waals surface area (Å²) in [5, 5.41) is 2.96. The number of carbonyl (C=O) groups excluding carboxylic acids is 2. The van der Waals surface area contributed by atoms with Crippen molar-refractivity contribution in [1.82, 2.24) is 0 Å². The molecule has 6 nitrogen and oxygen atoms in total. The molecule has 27 heavy (non-hydrogen) atoms. The number of amides is 2. The molecule has 0 bridgehead atoms. The van der Waals surface area contributed by atoms with Crippen molar-refractivity contribution in [3.05, 3.63) is 47.5 Å². The van der Waals surface area contributed by atoms with Crippen LogP contribution in [0.2, 0.25) is 0 Å². The van der Waals surface area contributed by atoms with E-state index >= 15 is 0 Å². The fourth-order valence-corrected chi connectivity index (χ4v) is 3.25. The first-order valence-corrected chi connectivity index (χ1v) is 8.84. The van der Waals surface area contributed by atoms with Crippen molar-refractivity contribution in [1.29, 1.82) is 0 Å². The van der Waals surface area contributed by atoms with E-state index in [0.717, 1.165) is 16.8 Å². The number of nitrogens with zero attached hydrogens (tertiary/aromatic N) is 1. The van der Waals surface area contributed by atoms with Gasteiger partial charge in [0.25, 0.3) is 0 Å². The second-order valence-electron chi connectivity index (χ2n) is 6.68. The van der Waals surface area contributed by atoms with Gasteiger partial charge in [-0.1, -0.05) is 12.1 Å². The van der Waals surface area contributed by atoms with Gasteiger partial charge in [0.1, 0.15) is 11.5 Å². The molecule has 1 N–H and O–H groups in total. The summed E-state index contributed by atoms with van der Waals surface area (Å²) in [6.07, 6.45) is 0.173. The Labute approximate surface area is 159 Å². The molecule has 1 unspecified atom stereocenters. The number of nitrogens with one attached hydrogen (secondary N) is 1. The lowest BCUT2D eigenvalue weighted by atomic mass is 10.1. The van der Waals surface area contributed by atoms with Crippen molar-refractivity contribution in [3.63, 3.8) is 0 Å². The zero-order valence-corrected chi connectivity index (χ0v) is 16.0. The third kappa shape index (κ3) is 3.74. The average Bonchev–Trinajstić information content (AvgIpc) is 3.06. The minimum Gasteiger partial charge on any atom is -0.497 e. The molecule has 6 heteroatoms. The summed E-state index contributed by atoms with van der Waals surface area (Å²) in [5.74, 6) is 0.528. The number of hydrogen-bond acceptors (Lipinski definition) is 4. The van der Waals surface area contributed by atoms with E-state index in [1.165, 1.54) is 0 Å². The van der Waals surface area contributed by atoms with Crippen LogP contribution in [-0.2, 0) is 9.59 Å². The molecule has 1 heterocycles. The van der Waals surface area contributed by atoms with Gasteiger partial charge in [-0.25, -0.2) is 0 Å². The van der Waals surface area contributed by atoms with Gasteiger partial charge >= 0.3 is 0 Å². The van der Waals surface area contributed by atoms with Crippen molar-refractivity contribution >= 4 is 23.2 Å². The van der Waals surface area contributed by atoms with E-state index in [-0.39, 0.29) is 18.2 Å². The molecule has 1 aliphatic rings. The number of benzene rings is 2. The predicted octanol–water partition coefficient (Wildman–Crippen LogP) is 3.31. The molecule has 2 amide bonds. The number of rotatable bonds is 5. The summed E-state index contributed by atoms with van der Waals surface area (Å²) in [6, 6.07) is 11.1. The summed E-state index contributed by atoms with van der Waals surface area (Å²) in [5.41, 5.74) is 3.57. The monoisotopic (exact) mass is 368 g/mol. The predicted molar refractivity (Wildman–Crippen MR) is 105 cm³/mol. The van der Waals surface area contributed by atoms with Crippen molar-refractivity contribution in [2.75, 3.05) is 31.0 Å². The second kappa shape index (κ2) is 7.70. The molecule has 142 valence electrons. The summed E-state index contributed by atoms with van der Waals surface area (Å²) < 4.78 is 10.6. The Bertz CT molecular complexity index is 878. The van der Waals surface area contributed by atoms with Gasteiger partial charge in [-0.2, -0.15) is 0 Å². The Balaban J connectivity index is 1.77. The number of methoxy groups -OCH3 is 2. The molecule has 1 fully saturated rings. The number of anilines is 2. The Hall–Kier alpha value is -3.02. The van der Waals surface area contributed by atoms with Gasteiger partial charge in [0, 0.05) is 24.7 Å². The SMILES string of the molecule is COc1ccc(N2CC(C(=O)Nc3cccc(C)c3C)CC2=O)c(OC)c1. The van der Waals surface area contributed by atoms with Crippen LogP contribution in [0.4, 0.5) is 11.4 Å². The van der Waals surface area contributed by atoms with Crippen LogP contribution >= 0.6 is 0 Å². The van der Waals surface area contributed by atoms with Crippen LogP contribution < -0.4 is 19.7 Å². The molecule has 2 aromatic rings. The van der Waals surface area contributed by atoms with Gasteiger partial charge in [-0.05, 0) is 43.2 Å². The van der Waals surface area contributed by atoms with E-state index in [1.54, 1.807) is 37.3 Å². The maximum atomic E-state index is 12.7. The molecule has 0 radical (unpaired) electrons. The Kier molecular flexibility index (Phi) is 5.35. The van der Waals surface area contributed by atoms with Crippen LogP contribution in [0.15, 0.2) is 36.4 Å². The van der Waals surface area contributed by atoms with E-state index < -0.39 is 5.92 Å². The quantitative estimate of drug-likeness (QED) is 0.879. The first-order valence-electron chi connectivity index (χ1n) is 8.84. The summed E-state index contributed by atoms with van der Waals surface area (Å²) >= 11 is 0. The van der Waals surface area contributed by atoms with Gasteiger partial charge in [0.2, 0.25) is 11.8 Å². The fraction of sp³-hybridized carbons (Fsp3) is 0.333. The number of carbonyl (C=O) groups is 2. The first-order chi connectivity index (χ1) is 12.9. The van der Waals surface area contributed by atoms with E-state index in [2.05, 4.69) is 5.32 Å². The summed E-state index contributed by atoms with van der Waals surface area (Å²) in [4.78, 5) is 26.9. The zero-order chi connectivity index (χ0) is 19.6. The lowest BCUT2D eigenvalue weighted by Crippen LogP contribution is -2.28. The highest BCUT2D eigenvalue weighted by atomic mass is 16.5. The van der Waals surface area contributed by atoms with Gasteiger partial charge in [0.05, 0.1) is 25.8 Å². The third-order valence-corrected chi connectivity index (χ3v) is 5.04. The van der Waals surface area contributed by atoms with Gasteiger partial charge < -0.3 is 19.7 Å². The van der Waals surface area contributed by atoms with E-state index in [9.17, 15) is 9.59 Å². The number of hydrogen-bond donors (Lipinski definition) is 1. The highest BCUT2D eigenvalue weighted by molar-refractivity contribution is 6.04. The van der Waals surface area contributed by atoms with E-state index in [0.29, 0.717) is 23.7 Å². The van der Waals surface area contributed by atoms with Crippen LogP contribution in [0, 0.1) is 19.8 Å². The zero-order valence-electron chi connectivity index (χ0n) is 16.0. The van der Waals surface area contributed by atoms with Crippen molar-refractivity contribution in [2.24, 2.45) is 5.92 Å². The van der Waals surface area contributed by atoms with Crippen molar-refractivity contribution < 1.29 is 19.1 Å². The van der Waals surface area contributed by atoms with Crippen LogP contribution in [0.25, 0.3) is 0 Å². The standard InChI is InChI=1S/C21H24N2O4/c1-13-6-5-7-17(14(13)2)22-21(25)15-10-20(24)23(12-15)18-9-8-16(26-3)11-19(18)27-4/h5-9,11,15H,10,12H2,1-4H3,(H,22,25). The van der Waals surface area contributed by atoms with E-state index in [1.807, 2.05) is 32.0 Å². The molecular weight excluding hydrogens is 344 g/mol. The summed E-state index contributed by atoms with van der Waals surface area (Å²) in [6.45, 7) is 4.29. The first kappa shape index (κ1) is 18.8. The number of aryl methyl sites for hydroxylation is 1. The molecule has 0 aromatic heterocycles. The van der Waals surface area contributed by atoms with Crippen molar-refractivity contribution in [3.8, 4) is 11.5 Å². The highest BCUT2D eigenvalue weighted by Crippen LogP contribution is 2.36. The van der Waals surface area contributed by atoms with Crippen LogP contribution in [-0.4, -0.2) is 32.6 Å². The van der Waals surface area contributed by atoms with Crippen LogP contribution in [0.1, 0.15) is 17.5 Å². The minimum atomic E-state index is -0.413. The smallest absolute Gasteiger partial charge is 0.229 e. The second-order valence-corrected chi connectivity index (χ2v) is 6.68. The molecule has 1 atom stereocenters. The molecule has 1 saturated heterocycles. The topological polar surface area (TPSA) is 67.9 Å². The van der Waals surface area contributed by atoms with Gasteiger partial charge in [0.15, 0.2) is 0 Å². The Morgan fingerprint density at radius 3 is 2.63 bits per heavy atom. The lowest BCUT2D eigenvalue weighted by Gasteiger charge is -2.20. The molecular formula is C21H24N2O4. The van der Waals surface area contributed by atoms with Gasteiger partial charge in [-0.3, -0.25) is 9.59 Å². The Morgan fingerprint density at radius 1 is 1.15 bits per heavy atom. The van der Waals surface area contributed by atoms with E-state index in [4.69, 9.17) is 9.47 Å². The third-order valence-electron chi connectivity index (χ3n) is 5.04. The molecule has 0 saturated carbocycles. The highest BCUT2D eigenvalue weighted by Gasteiger charge is 2.36. The molecule has 1 aliphatic heterocycles. The fourth-order valence-electron chi connectivity index (χ4n) is 3.25. The van der Waals surface area contributed by atoms with Crippen LogP contribution in [0.3, 0.4) is 0 Å². The largest absolute Gasteiger partial charge is 0.497 e. The van der Waals surface area contributed by atoms with Gasteiger partial charge in [-0.15, -0.1) is 0 Å².